The normalized spacial score (nSPS) is 23.4. The minimum Gasteiger partial charge on any atom is -0.468 e. The van der Waals surface area contributed by atoms with Gasteiger partial charge in [-0.25, -0.2) is 4.79 Å². The number of hydrogen-bond donors (Lipinski definition) is 2. The van der Waals surface area contributed by atoms with Gasteiger partial charge < -0.3 is 19.7 Å². The van der Waals surface area contributed by atoms with Gasteiger partial charge in [0, 0.05) is 6.54 Å². The number of β-amino-alcohol motifs (C(OH)–C–C–N with tert-alkyl or cyclic N) is 1. The Bertz CT molecular complexity index is 308. The molecule has 1 aliphatic heterocycles. The second-order valence-corrected chi connectivity index (χ2v) is 4.21. The molecule has 0 spiro atoms. The Kier molecular flexibility index (Phi) is 5.52. The monoisotopic (exact) mass is 261 g/mol. The first kappa shape index (κ1) is 14.9. The standard InChI is InChI=1S/C11H19NO6/c1-17-10(15)7-4-3-5-12(7)6-8(13)9(14)11(16)18-2/h7-9,13-14H,3-6H2,1-2H3/t7-,8-,9+/m0/s1. The molecule has 0 radical (unpaired) electrons. The van der Waals surface area contributed by atoms with E-state index in [2.05, 4.69) is 9.47 Å². The molecule has 0 aromatic carbocycles. The van der Waals surface area contributed by atoms with Crippen LogP contribution in [0.25, 0.3) is 0 Å². The van der Waals surface area contributed by atoms with Crippen molar-refractivity contribution >= 4 is 11.9 Å². The number of rotatable bonds is 5. The van der Waals surface area contributed by atoms with Crippen LogP contribution in [-0.2, 0) is 19.1 Å². The molecule has 0 amide bonds. The van der Waals surface area contributed by atoms with Gasteiger partial charge in [-0.3, -0.25) is 9.69 Å². The van der Waals surface area contributed by atoms with E-state index in [0.29, 0.717) is 13.0 Å². The molecule has 1 aliphatic rings. The van der Waals surface area contributed by atoms with Crippen molar-refractivity contribution in [1.82, 2.24) is 4.90 Å². The highest BCUT2D eigenvalue weighted by molar-refractivity contribution is 5.76. The zero-order valence-electron chi connectivity index (χ0n) is 10.5. The fourth-order valence-electron chi connectivity index (χ4n) is 2.07. The lowest BCUT2D eigenvalue weighted by Gasteiger charge is -2.26. The summed E-state index contributed by atoms with van der Waals surface area (Å²) in [6, 6.07) is -0.422. The number of nitrogens with zero attached hydrogens (tertiary/aromatic N) is 1. The van der Waals surface area contributed by atoms with Gasteiger partial charge in [0.25, 0.3) is 0 Å². The van der Waals surface area contributed by atoms with E-state index in [1.165, 1.54) is 7.11 Å². The van der Waals surface area contributed by atoms with Gasteiger partial charge in [0.15, 0.2) is 6.10 Å². The number of likely N-dealkylation sites (tertiary alicyclic amines) is 1. The average Bonchev–Trinajstić information content (AvgIpc) is 2.83. The van der Waals surface area contributed by atoms with E-state index < -0.39 is 24.2 Å². The summed E-state index contributed by atoms with van der Waals surface area (Å²) in [5.74, 6) is -1.26. The van der Waals surface area contributed by atoms with Crippen molar-refractivity contribution < 1.29 is 29.3 Å². The maximum absolute atomic E-state index is 11.5. The summed E-state index contributed by atoms with van der Waals surface area (Å²) < 4.78 is 8.99. The van der Waals surface area contributed by atoms with Crippen molar-refractivity contribution in [3.8, 4) is 0 Å². The molecule has 0 aromatic rings. The molecule has 7 heteroatoms. The largest absolute Gasteiger partial charge is 0.468 e. The smallest absolute Gasteiger partial charge is 0.337 e. The quantitative estimate of drug-likeness (QED) is 0.582. The van der Waals surface area contributed by atoms with Gasteiger partial charge >= 0.3 is 11.9 Å². The van der Waals surface area contributed by atoms with E-state index in [4.69, 9.17) is 0 Å². The van der Waals surface area contributed by atoms with Crippen molar-refractivity contribution in [2.45, 2.75) is 31.1 Å². The number of carbonyl (C=O) groups is 2. The molecular formula is C11H19NO6. The third kappa shape index (κ3) is 3.41. The summed E-state index contributed by atoms with van der Waals surface area (Å²) in [6.07, 6.45) is -1.44. The topological polar surface area (TPSA) is 96.3 Å². The van der Waals surface area contributed by atoms with Gasteiger partial charge in [0.1, 0.15) is 12.1 Å². The molecule has 3 atom stereocenters. The number of ether oxygens (including phenoxy) is 2. The van der Waals surface area contributed by atoms with Crippen LogP contribution in [0.15, 0.2) is 0 Å². The zero-order valence-corrected chi connectivity index (χ0v) is 10.5. The van der Waals surface area contributed by atoms with Gasteiger partial charge in [-0.1, -0.05) is 0 Å². The summed E-state index contributed by atoms with van der Waals surface area (Å²) in [4.78, 5) is 24.2. The number of esters is 2. The SMILES string of the molecule is COC(=O)[C@H](O)[C@@H](O)CN1CCC[C@H]1C(=O)OC. The first-order valence-corrected chi connectivity index (χ1v) is 5.77. The predicted octanol–water partition coefficient (Wildman–Crippen LogP) is -1.48. The molecule has 0 bridgehead atoms. The minimum absolute atomic E-state index is 0.0238. The maximum Gasteiger partial charge on any atom is 0.337 e. The minimum atomic E-state index is -1.60. The highest BCUT2D eigenvalue weighted by Crippen LogP contribution is 2.19. The molecule has 0 saturated carbocycles. The Morgan fingerprint density at radius 3 is 2.56 bits per heavy atom. The highest BCUT2D eigenvalue weighted by atomic mass is 16.5. The Morgan fingerprint density at radius 1 is 1.33 bits per heavy atom. The molecule has 7 nitrogen and oxygen atoms in total. The van der Waals surface area contributed by atoms with Gasteiger partial charge in [-0.2, -0.15) is 0 Å². The van der Waals surface area contributed by atoms with Crippen molar-refractivity contribution in [3.05, 3.63) is 0 Å². The molecule has 1 heterocycles. The first-order valence-electron chi connectivity index (χ1n) is 5.77. The Hall–Kier alpha value is -1.18. The summed E-state index contributed by atoms with van der Waals surface area (Å²) in [6.45, 7) is 0.640. The molecule has 18 heavy (non-hydrogen) atoms. The Balaban J connectivity index is 2.55. The lowest BCUT2D eigenvalue weighted by molar-refractivity contribution is -0.157. The Labute approximate surface area is 105 Å². The first-order chi connectivity index (χ1) is 8.51. The molecule has 1 saturated heterocycles. The second kappa shape index (κ2) is 6.67. The summed E-state index contributed by atoms with van der Waals surface area (Å²) in [5, 5.41) is 19.2. The molecule has 1 rings (SSSR count). The third-order valence-corrected chi connectivity index (χ3v) is 3.07. The summed E-state index contributed by atoms with van der Waals surface area (Å²) in [7, 11) is 2.43. The summed E-state index contributed by atoms with van der Waals surface area (Å²) >= 11 is 0. The molecular weight excluding hydrogens is 242 g/mol. The van der Waals surface area contributed by atoms with Gasteiger partial charge in [-0.15, -0.1) is 0 Å². The molecule has 0 aliphatic carbocycles. The number of aliphatic hydroxyl groups is 2. The van der Waals surface area contributed by atoms with Crippen LogP contribution in [0.2, 0.25) is 0 Å². The van der Waals surface area contributed by atoms with Crippen LogP contribution >= 0.6 is 0 Å². The van der Waals surface area contributed by atoms with Crippen LogP contribution in [0.4, 0.5) is 0 Å². The average molecular weight is 261 g/mol. The van der Waals surface area contributed by atoms with Crippen molar-refractivity contribution in [2.75, 3.05) is 27.3 Å². The van der Waals surface area contributed by atoms with E-state index in [9.17, 15) is 19.8 Å². The molecule has 0 aromatic heterocycles. The van der Waals surface area contributed by atoms with Crippen LogP contribution in [0.5, 0.6) is 0 Å². The molecule has 104 valence electrons. The van der Waals surface area contributed by atoms with Crippen LogP contribution in [0, 0.1) is 0 Å². The van der Waals surface area contributed by atoms with E-state index in [1.807, 2.05) is 0 Å². The fraction of sp³-hybridized carbons (Fsp3) is 0.818. The summed E-state index contributed by atoms with van der Waals surface area (Å²) in [5.41, 5.74) is 0. The highest BCUT2D eigenvalue weighted by Gasteiger charge is 2.35. The van der Waals surface area contributed by atoms with E-state index in [1.54, 1.807) is 4.90 Å². The second-order valence-electron chi connectivity index (χ2n) is 4.21. The number of methoxy groups -OCH3 is 2. The van der Waals surface area contributed by atoms with Gasteiger partial charge in [-0.05, 0) is 19.4 Å². The fourth-order valence-corrected chi connectivity index (χ4v) is 2.07. The maximum atomic E-state index is 11.5. The molecule has 0 unspecified atom stereocenters. The van der Waals surface area contributed by atoms with Crippen molar-refractivity contribution in [3.63, 3.8) is 0 Å². The van der Waals surface area contributed by atoms with Crippen molar-refractivity contribution in [2.24, 2.45) is 0 Å². The Morgan fingerprint density at radius 2 is 2.00 bits per heavy atom. The van der Waals surface area contributed by atoms with Crippen LogP contribution in [0.1, 0.15) is 12.8 Å². The van der Waals surface area contributed by atoms with Gasteiger partial charge in [0.05, 0.1) is 14.2 Å². The number of aliphatic hydroxyl groups excluding tert-OH is 2. The van der Waals surface area contributed by atoms with Crippen molar-refractivity contribution in [1.29, 1.82) is 0 Å². The molecule has 1 fully saturated rings. The van der Waals surface area contributed by atoms with E-state index in [-0.39, 0.29) is 12.5 Å². The zero-order chi connectivity index (χ0) is 13.7. The number of hydrogen-bond acceptors (Lipinski definition) is 7. The molecule has 2 N–H and O–H groups in total. The van der Waals surface area contributed by atoms with E-state index in [0.717, 1.165) is 13.5 Å². The van der Waals surface area contributed by atoms with Crippen LogP contribution in [-0.4, -0.2) is 72.6 Å². The third-order valence-electron chi connectivity index (χ3n) is 3.07. The van der Waals surface area contributed by atoms with Gasteiger partial charge in [0.2, 0.25) is 0 Å². The number of carbonyl (C=O) groups excluding carboxylic acids is 2. The van der Waals surface area contributed by atoms with Crippen LogP contribution < -0.4 is 0 Å². The predicted molar refractivity (Wildman–Crippen MR) is 60.6 cm³/mol. The van der Waals surface area contributed by atoms with E-state index >= 15 is 0 Å². The lowest BCUT2D eigenvalue weighted by Crippen LogP contribution is -2.47. The lowest BCUT2D eigenvalue weighted by atomic mass is 10.1. The van der Waals surface area contributed by atoms with Crippen LogP contribution in [0.3, 0.4) is 0 Å².